The zero-order valence-corrected chi connectivity index (χ0v) is 9.33. The van der Waals surface area contributed by atoms with Gasteiger partial charge in [-0.15, -0.1) is 0 Å². The molecule has 0 aliphatic heterocycles. The third kappa shape index (κ3) is 2.47. The minimum atomic E-state index is 0.150. The Balaban J connectivity index is 2.32. The van der Waals surface area contributed by atoms with Crippen LogP contribution in [0.25, 0.3) is 0 Å². The van der Waals surface area contributed by atoms with Crippen molar-refractivity contribution in [3.8, 4) is 0 Å². The van der Waals surface area contributed by atoms with Crippen molar-refractivity contribution in [2.75, 3.05) is 0 Å². The van der Waals surface area contributed by atoms with Gasteiger partial charge in [0.2, 0.25) is 0 Å². The van der Waals surface area contributed by atoms with Crippen LogP contribution in [0.3, 0.4) is 0 Å². The highest BCUT2D eigenvalue weighted by Crippen LogP contribution is 2.32. The molecule has 0 atom stereocenters. The Morgan fingerprint density at radius 3 is 2.60 bits per heavy atom. The van der Waals surface area contributed by atoms with Gasteiger partial charge in [-0.25, -0.2) is 0 Å². The Labute approximate surface area is 91.2 Å². The third-order valence-electron chi connectivity index (χ3n) is 3.38. The molecule has 1 aromatic carbocycles. The maximum absolute atomic E-state index is 11.5. The van der Waals surface area contributed by atoms with E-state index < -0.39 is 0 Å². The topological polar surface area (TPSA) is 17.1 Å². The summed E-state index contributed by atoms with van der Waals surface area (Å²) in [5.41, 5.74) is 2.38. The van der Waals surface area contributed by atoms with Gasteiger partial charge in [0.05, 0.1) is 0 Å². The van der Waals surface area contributed by atoms with Gasteiger partial charge in [-0.3, -0.25) is 4.79 Å². The maximum atomic E-state index is 11.5. The summed E-state index contributed by atoms with van der Waals surface area (Å²) < 4.78 is 0. The molecule has 1 heteroatoms. The van der Waals surface area contributed by atoms with E-state index in [2.05, 4.69) is 12.1 Å². The third-order valence-corrected chi connectivity index (χ3v) is 3.38. The van der Waals surface area contributed by atoms with Crippen molar-refractivity contribution in [1.82, 2.24) is 0 Å². The average molecular weight is 202 g/mol. The second-order valence-corrected chi connectivity index (χ2v) is 4.55. The Hall–Kier alpha value is -1.11. The van der Waals surface area contributed by atoms with Gasteiger partial charge in [-0.05, 0) is 42.9 Å². The summed E-state index contributed by atoms with van der Waals surface area (Å²) >= 11 is 0. The fraction of sp³-hybridized carbons (Fsp3) is 0.500. The summed E-state index contributed by atoms with van der Waals surface area (Å²) in [7, 11) is 0. The maximum Gasteiger partial charge on any atom is 0.181 e. The summed E-state index contributed by atoms with van der Waals surface area (Å²) in [6.07, 6.45) is 6.63. The van der Waals surface area contributed by atoms with Gasteiger partial charge < -0.3 is 0 Å². The van der Waals surface area contributed by atoms with E-state index in [9.17, 15) is 4.79 Å². The second kappa shape index (κ2) is 4.61. The van der Waals surface area contributed by atoms with Gasteiger partial charge in [0.1, 0.15) is 0 Å². The van der Waals surface area contributed by atoms with Crippen LogP contribution in [0.1, 0.15) is 49.1 Å². The number of aryl methyl sites for hydroxylation is 1. The van der Waals surface area contributed by atoms with Crippen LogP contribution in [0.15, 0.2) is 29.1 Å². The van der Waals surface area contributed by atoms with Crippen LogP contribution in [0.4, 0.5) is 0 Å². The second-order valence-electron chi connectivity index (χ2n) is 4.55. The zero-order chi connectivity index (χ0) is 10.7. The summed E-state index contributed by atoms with van der Waals surface area (Å²) in [6.45, 7) is 1.91. The van der Waals surface area contributed by atoms with Crippen LogP contribution in [-0.4, -0.2) is 0 Å². The van der Waals surface area contributed by atoms with Gasteiger partial charge in [0.15, 0.2) is 5.43 Å². The van der Waals surface area contributed by atoms with E-state index >= 15 is 0 Å². The van der Waals surface area contributed by atoms with Crippen molar-refractivity contribution in [1.29, 1.82) is 0 Å². The first-order chi connectivity index (χ1) is 7.27. The molecule has 0 spiro atoms. The smallest absolute Gasteiger partial charge is 0.181 e. The van der Waals surface area contributed by atoms with Crippen molar-refractivity contribution in [3.05, 3.63) is 45.6 Å². The van der Waals surface area contributed by atoms with Crippen LogP contribution < -0.4 is 5.43 Å². The first-order valence-corrected chi connectivity index (χ1v) is 5.88. The van der Waals surface area contributed by atoms with Crippen LogP contribution in [-0.2, 0) is 0 Å². The van der Waals surface area contributed by atoms with Crippen molar-refractivity contribution in [2.45, 2.75) is 44.9 Å². The Morgan fingerprint density at radius 2 is 1.87 bits per heavy atom. The van der Waals surface area contributed by atoms with Gasteiger partial charge in [0.25, 0.3) is 0 Å². The van der Waals surface area contributed by atoms with Gasteiger partial charge in [-0.1, -0.05) is 37.5 Å². The first-order valence-electron chi connectivity index (χ1n) is 5.88. The normalized spacial score (nSPS) is 17.7. The van der Waals surface area contributed by atoms with E-state index in [1.54, 1.807) is 6.07 Å². The van der Waals surface area contributed by atoms with E-state index in [-0.39, 0.29) is 5.43 Å². The van der Waals surface area contributed by atoms with Crippen LogP contribution >= 0.6 is 0 Å². The Kier molecular flexibility index (Phi) is 3.20. The minimum Gasteiger partial charge on any atom is -0.290 e. The fourth-order valence-electron chi connectivity index (χ4n) is 2.44. The summed E-state index contributed by atoms with van der Waals surface area (Å²) in [5.74, 6) is 0.684. The molecule has 0 unspecified atom stereocenters. The molecule has 0 radical (unpaired) electrons. The lowest BCUT2D eigenvalue weighted by molar-refractivity contribution is 0.443. The van der Waals surface area contributed by atoms with Gasteiger partial charge in [-0.2, -0.15) is 0 Å². The van der Waals surface area contributed by atoms with Gasteiger partial charge >= 0.3 is 0 Å². The van der Waals surface area contributed by atoms with Crippen LogP contribution in [0, 0.1) is 6.92 Å². The highest BCUT2D eigenvalue weighted by atomic mass is 16.1. The van der Waals surface area contributed by atoms with E-state index in [0.717, 1.165) is 5.56 Å². The highest BCUT2D eigenvalue weighted by Gasteiger charge is 2.14. The molecule has 0 amide bonds. The molecule has 0 bridgehead atoms. The summed E-state index contributed by atoms with van der Waals surface area (Å²) in [4.78, 5) is 11.5. The SMILES string of the molecule is Cc1cc(C2CCCCC2)cccc1=O. The lowest BCUT2D eigenvalue weighted by Crippen LogP contribution is -2.04. The molecule has 1 fully saturated rings. The minimum absolute atomic E-state index is 0.150. The quantitative estimate of drug-likeness (QED) is 0.682. The zero-order valence-electron chi connectivity index (χ0n) is 9.33. The van der Waals surface area contributed by atoms with Gasteiger partial charge in [0, 0.05) is 0 Å². The van der Waals surface area contributed by atoms with Crippen LogP contribution in [0.2, 0.25) is 0 Å². The predicted octanol–water partition coefficient (Wildman–Crippen LogP) is 3.40. The average Bonchev–Trinajstić information content (AvgIpc) is 2.43. The standard InChI is InChI=1S/C14H18O/c1-11-10-13(8-5-9-14(11)15)12-6-3-2-4-7-12/h5,8-10,12H,2-4,6-7H2,1H3. The largest absolute Gasteiger partial charge is 0.290 e. The molecule has 1 aliphatic carbocycles. The molecule has 0 aromatic heterocycles. The number of hydrogen-bond donors (Lipinski definition) is 0. The highest BCUT2D eigenvalue weighted by molar-refractivity contribution is 5.24. The van der Waals surface area contributed by atoms with Crippen molar-refractivity contribution in [3.63, 3.8) is 0 Å². The molecule has 1 saturated carbocycles. The fourth-order valence-corrected chi connectivity index (χ4v) is 2.44. The summed E-state index contributed by atoms with van der Waals surface area (Å²) in [5, 5.41) is 0. The molecule has 0 N–H and O–H groups in total. The number of rotatable bonds is 1. The van der Waals surface area contributed by atoms with Crippen molar-refractivity contribution >= 4 is 0 Å². The van der Waals surface area contributed by atoms with Crippen molar-refractivity contribution < 1.29 is 0 Å². The molecular formula is C14H18O. The molecule has 1 aliphatic rings. The molecule has 0 heterocycles. The van der Waals surface area contributed by atoms with E-state index in [1.807, 2.05) is 13.0 Å². The Morgan fingerprint density at radius 1 is 1.13 bits per heavy atom. The number of hydrogen-bond acceptors (Lipinski definition) is 1. The molecule has 80 valence electrons. The van der Waals surface area contributed by atoms with Crippen LogP contribution in [0.5, 0.6) is 0 Å². The molecule has 0 saturated heterocycles. The Bertz CT molecular complexity index is 389. The lowest BCUT2D eigenvalue weighted by Gasteiger charge is -2.21. The monoisotopic (exact) mass is 202 g/mol. The van der Waals surface area contributed by atoms with E-state index in [4.69, 9.17) is 0 Å². The molecule has 1 aromatic rings. The molecule has 15 heavy (non-hydrogen) atoms. The lowest BCUT2D eigenvalue weighted by atomic mass is 9.84. The van der Waals surface area contributed by atoms with Crippen molar-refractivity contribution in [2.24, 2.45) is 0 Å². The molecule has 1 nitrogen and oxygen atoms in total. The first kappa shape index (κ1) is 10.4. The summed E-state index contributed by atoms with van der Waals surface area (Å²) in [6, 6.07) is 7.77. The predicted molar refractivity (Wildman–Crippen MR) is 63.3 cm³/mol. The molecular weight excluding hydrogens is 184 g/mol. The van der Waals surface area contributed by atoms with E-state index in [0.29, 0.717) is 5.92 Å². The van der Waals surface area contributed by atoms with E-state index in [1.165, 1.54) is 37.7 Å². The molecule has 2 rings (SSSR count).